The van der Waals surface area contributed by atoms with Gasteiger partial charge in [-0.25, -0.2) is 9.38 Å². The molecule has 1 heterocycles. The van der Waals surface area contributed by atoms with Crippen molar-refractivity contribution in [2.75, 3.05) is 0 Å². The number of thioether (sulfide) groups is 1. The molecule has 0 aromatic carbocycles. The fraction of sp³-hybridized carbons (Fsp3) is 0.857. The van der Waals surface area contributed by atoms with Crippen LogP contribution in [0.2, 0.25) is 0 Å². The standard InChI is InChI=1S/C14H20FNOS/c1-8(2)14(15)13(17)16-12(18-14)7-11-6-9-3-4-10(11)5-9/h8-11H,3-7H2,1-2H3/t9-,10+,11-,14?/m1/s1. The number of nitrogens with zero attached hydrogens (tertiary/aromatic N) is 1. The lowest BCUT2D eigenvalue weighted by Gasteiger charge is -2.23. The predicted octanol–water partition coefficient (Wildman–Crippen LogP) is 3.81. The van der Waals surface area contributed by atoms with Crippen LogP contribution in [0.5, 0.6) is 0 Å². The Kier molecular flexibility index (Phi) is 3.04. The monoisotopic (exact) mass is 269 g/mol. The lowest BCUT2D eigenvalue weighted by molar-refractivity contribution is -0.125. The van der Waals surface area contributed by atoms with Gasteiger partial charge in [-0.15, -0.1) is 0 Å². The van der Waals surface area contributed by atoms with Gasteiger partial charge in [0.2, 0.25) is 5.00 Å². The van der Waals surface area contributed by atoms with Crippen molar-refractivity contribution >= 4 is 22.7 Å². The molecule has 1 unspecified atom stereocenters. The number of rotatable bonds is 3. The topological polar surface area (TPSA) is 29.4 Å². The average molecular weight is 269 g/mol. The number of carbonyl (C=O) groups excluding carboxylic acids is 1. The highest BCUT2D eigenvalue weighted by Crippen LogP contribution is 2.51. The molecule has 2 nitrogen and oxygen atoms in total. The second-order valence-corrected chi connectivity index (χ2v) is 7.62. The summed E-state index contributed by atoms with van der Waals surface area (Å²) in [6.45, 7) is 3.50. The first-order chi connectivity index (χ1) is 8.49. The third-order valence-electron chi connectivity index (χ3n) is 4.85. The van der Waals surface area contributed by atoms with Gasteiger partial charge in [-0.1, -0.05) is 32.0 Å². The molecule has 0 aromatic rings. The maximum absolute atomic E-state index is 14.4. The zero-order chi connectivity index (χ0) is 12.9. The van der Waals surface area contributed by atoms with E-state index in [1.165, 1.54) is 25.7 Å². The van der Waals surface area contributed by atoms with E-state index in [1.807, 2.05) is 0 Å². The van der Waals surface area contributed by atoms with Crippen LogP contribution in [-0.4, -0.2) is 16.0 Å². The van der Waals surface area contributed by atoms with Gasteiger partial charge in [0.05, 0.1) is 5.04 Å². The Morgan fingerprint density at radius 2 is 2.22 bits per heavy atom. The molecule has 3 rings (SSSR count). The summed E-state index contributed by atoms with van der Waals surface area (Å²) in [6.07, 6.45) is 6.14. The molecule has 2 aliphatic carbocycles. The number of hydrogen-bond donors (Lipinski definition) is 0. The second-order valence-electron chi connectivity index (χ2n) is 6.35. The first-order valence-corrected chi connectivity index (χ1v) is 7.80. The molecule has 0 radical (unpaired) electrons. The van der Waals surface area contributed by atoms with Gasteiger partial charge >= 0.3 is 0 Å². The Balaban J connectivity index is 1.65. The smallest absolute Gasteiger partial charge is 0.268 e. The van der Waals surface area contributed by atoms with Gasteiger partial charge in [0.25, 0.3) is 5.91 Å². The van der Waals surface area contributed by atoms with Crippen molar-refractivity contribution in [3.05, 3.63) is 0 Å². The Bertz CT molecular complexity index is 409. The molecular formula is C14H20FNOS. The highest BCUT2D eigenvalue weighted by Gasteiger charge is 2.49. The minimum atomic E-state index is -1.80. The molecule has 0 aromatic heterocycles. The van der Waals surface area contributed by atoms with E-state index in [1.54, 1.807) is 13.8 Å². The minimum absolute atomic E-state index is 0.309. The van der Waals surface area contributed by atoms with E-state index in [4.69, 9.17) is 0 Å². The van der Waals surface area contributed by atoms with Gasteiger partial charge in [-0.3, -0.25) is 4.79 Å². The van der Waals surface area contributed by atoms with Gasteiger partial charge < -0.3 is 0 Å². The quantitative estimate of drug-likeness (QED) is 0.779. The average Bonchev–Trinajstić information content (AvgIpc) is 2.95. The maximum atomic E-state index is 14.4. The van der Waals surface area contributed by atoms with Gasteiger partial charge in [0.15, 0.2) is 0 Å². The largest absolute Gasteiger partial charge is 0.295 e. The lowest BCUT2D eigenvalue weighted by Crippen LogP contribution is -2.31. The molecule has 2 saturated carbocycles. The maximum Gasteiger partial charge on any atom is 0.295 e. The molecular weight excluding hydrogens is 249 g/mol. The van der Waals surface area contributed by atoms with Crippen LogP contribution >= 0.6 is 11.8 Å². The molecule has 2 fully saturated rings. The third kappa shape index (κ3) is 1.93. The lowest BCUT2D eigenvalue weighted by atomic mass is 9.87. The van der Waals surface area contributed by atoms with E-state index in [0.29, 0.717) is 5.92 Å². The summed E-state index contributed by atoms with van der Waals surface area (Å²) in [5.74, 6) is 1.47. The van der Waals surface area contributed by atoms with Gasteiger partial charge in [-0.2, -0.15) is 0 Å². The van der Waals surface area contributed by atoms with Gasteiger partial charge in [0, 0.05) is 5.92 Å². The summed E-state index contributed by atoms with van der Waals surface area (Å²) in [5.41, 5.74) is 0. The van der Waals surface area contributed by atoms with Crippen LogP contribution in [0.4, 0.5) is 4.39 Å². The third-order valence-corrected chi connectivity index (χ3v) is 6.28. The molecule has 100 valence electrons. The van der Waals surface area contributed by atoms with Crippen molar-refractivity contribution in [2.24, 2.45) is 28.7 Å². The van der Waals surface area contributed by atoms with E-state index >= 15 is 0 Å². The zero-order valence-electron chi connectivity index (χ0n) is 11.0. The van der Waals surface area contributed by atoms with Crippen molar-refractivity contribution in [1.82, 2.24) is 0 Å². The molecule has 0 saturated heterocycles. The van der Waals surface area contributed by atoms with Crippen LogP contribution in [0.1, 0.15) is 46.0 Å². The van der Waals surface area contributed by atoms with Crippen molar-refractivity contribution in [3.8, 4) is 0 Å². The first-order valence-electron chi connectivity index (χ1n) is 6.99. The van der Waals surface area contributed by atoms with Crippen LogP contribution in [0.15, 0.2) is 4.99 Å². The van der Waals surface area contributed by atoms with Crippen LogP contribution in [-0.2, 0) is 4.79 Å². The highest BCUT2D eigenvalue weighted by molar-refractivity contribution is 8.16. The summed E-state index contributed by atoms with van der Waals surface area (Å²) in [7, 11) is 0. The normalized spacial score (nSPS) is 43.0. The molecule has 4 heteroatoms. The number of hydrogen-bond acceptors (Lipinski definition) is 2. The van der Waals surface area contributed by atoms with Crippen LogP contribution < -0.4 is 0 Å². The van der Waals surface area contributed by atoms with E-state index in [9.17, 15) is 9.18 Å². The first kappa shape index (κ1) is 12.6. The Labute approximate surface area is 112 Å². The number of carbonyl (C=O) groups is 1. The zero-order valence-corrected chi connectivity index (χ0v) is 11.8. The number of aliphatic imine (C=N–C) groups is 1. The van der Waals surface area contributed by atoms with Crippen molar-refractivity contribution in [1.29, 1.82) is 0 Å². The predicted molar refractivity (Wildman–Crippen MR) is 72.3 cm³/mol. The fourth-order valence-corrected chi connectivity index (χ4v) is 4.87. The van der Waals surface area contributed by atoms with E-state index in [0.717, 1.165) is 35.1 Å². The van der Waals surface area contributed by atoms with Gasteiger partial charge in [0.1, 0.15) is 0 Å². The SMILES string of the molecule is CC(C)C1(F)SC(C[C@H]2C[C@@H]3CC[C@H]2C3)=NC1=O. The van der Waals surface area contributed by atoms with E-state index < -0.39 is 10.9 Å². The minimum Gasteiger partial charge on any atom is -0.268 e. The van der Waals surface area contributed by atoms with Gasteiger partial charge in [-0.05, 0) is 43.4 Å². The molecule has 18 heavy (non-hydrogen) atoms. The number of halogens is 1. The van der Waals surface area contributed by atoms with Crippen molar-refractivity contribution < 1.29 is 9.18 Å². The molecule has 1 amide bonds. The Morgan fingerprint density at radius 3 is 2.72 bits per heavy atom. The molecule has 4 atom stereocenters. The number of amides is 1. The van der Waals surface area contributed by atoms with Crippen LogP contribution in [0, 0.1) is 23.7 Å². The summed E-state index contributed by atoms with van der Waals surface area (Å²) in [6, 6.07) is 0. The van der Waals surface area contributed by atoms with E-state index in [2.05, 4.69) is 4.99 Å². The molecule has 3 aliphatic rings. The molecule has 2 bridgehead atoms. The van der Waals surface area contributed by atoms with Crippen LogP contribution in [0.25, 0.3) is 0 Å². The summed E-state index contributed by atoms with van der Waals surface area (Å²) < 4.78 is 14.4. The Morgan fingerprint density at radius 1 is 1.44 bits per heavy atom. The van der Waals surface area contributed by atoms with Crippen molar-refractivity contribution in [2.45, 2.75) is 51.0 Å². The summed E-state index contributed by atoms with van der Waals surface area (Å²) in [4.78, 5) is 15.7. The summed E-state index contributed by atoms with van der Waals surface area (Å²) in [5, 5.41) is -1.05. The molecule has 0 N–H and O–H groups in total. The highest BCUT2D eigenvalue weighted by atomic mass is 32.2. The second kappa shape index (κ2) is 4.32. The van der Waals surface area contributed by atoms with Crippen molar-refractivity contribution in [3.63, 3.8) is 0 Å². The summed E-state index contributed by atoms with van der Waals surface area (Å²) >= 11 is 1.08. The Hall–Kier alpha value is -0.380. The number of alkyl halides is 1. The van der Waals surface area contributed by atoms with Crippen LogP contribution in [0.3, 0.4) is 0 Å². The fourth-order valence-electron chi connectivity index (χ4n) is 3.73. The molecule has 0 spiro atoms. The van der Waals surface area contributed by atoms with E-state index in [-0.39, 0.29) is 5.92 Å². The number of fused-ring (bicyclic) bond motifs is 2. The molecule has 1 aliphatic heterocycles.